The van der Waals surface area contributed by atoms with Crippen LogP contribution in [0.1, 0.15) is 6.42 Å². The molecule has 2 aliphatic rings. The van der Waals surface area contributed by atoms with Gasteiger partial charge < -0.3 is 9.47 Å². The fourth-order valence-electron chi connectivity index (χ4n) is 1.74. The van der Waals surface area contributed by atoms with Crippen molar-refractivity contribution in [3.8, 4) is 0 Å². The minimum atomic E-state index is 0.321. The summed E-state index contributed by atoms with van der Waals surface area (Å²) in [6.45, 7) is 5.96. The minimum absolute atomic E-state index is 0.321. The zero-order valence-electron chi connectivity index (χ0n) is 7.16. The first kappa shape index (κ1) is 7.87. The predicted molar refractivity (Wildman–Crippen MR) is 46.6 cm³/mol. The van der Waals surface area contributed by atoms with E-state index in [1.165, 1.54) is 6.42 Å². The molecule has 0 aromatic carbocycles. The van der Waals surface area contributed by atoms with Gasteiger partial charge in [-0.2, -0.15) is 0 Å². The van der Waals surface area contributed by atoms with Crippen molar-refractivity contribution in [1.29, 1.82) is 0 Å². The van der Waals surface area contributed by atoms with Crippen LogP contribution in [0.4, 0.5) is 0 Å². The van der Waals surface area contributed by atoms with Crippen LogP contribution < -0.4 is 0 Å². The normalized spacial score (nSPS) is 36.8. The molecular formula is C10H14O2. The molecule has 0 bridgehead atoms. The van der Waals surface area contributed by atoms with E-state index in [1.807, 2.05) is 0 Å². The summed E-state index contributed by atoms with van der Waals surface area (Å²) < 4.78 is 10.6. The van der Waals surface area contributed by atoms with Gasteiger partial charge in [0.15, 0.2) is 0 Å². The maximum absolute atomic E-state index is 5.44. The highest BCUT2D eigenvalue weighted by Gasteiger charge is 2.54. The molecule has 1 aliphatic carbocycles. The summed E-state index contributed by atoms with van der Waals surface area (Å²) >= 11 is 0. The van der Waals surface area contributed by atoms with E-state index < -0.39 is 0 Å². The Balaban J connectivity index is 1.83. The number of fused-ring (bicyclic) bond motifs is 1. The van der Waals surface area contributed by atoms with Gasteiger partial charge in [0, 0.05) is 11.3 Å². The topological polar surface area (TPSA) is 18.5 Å². The van der Waals surface area contributed by atoms with Crippen molar-refractivity contribution in [1.82, 2.24) is 0 Å². The molecule has 2 nitrogen and oxygen atoms in total. The molecular weight excluding hydrogens is 152 g/mol. The summed E-state index contributed by atoms with van der Waals surface area (Å²) in [6.07, 6.45) is 6.96. The Hall–Kier alpha value is -0.760. The van der Waals surface area contributed by atoms with Crippen molar-refractivity contribution in [2.75, 3.05) is 19.8 Å². The Kier molecular flexibility index (Phi) is 1.93. The highest BCUT2D eigenvalue weighted by Crippen LogP contribution is 2.55. The maximum Gasteiger partial charge on any atom is 0.0910 e. The first-order chi connectivity index (χ1) is 5.87. The second kappa shape index (κ2) is 2.94. The quantitative estimate of drug-likeness (QED) is 0.468. The van der Waals surface area contributed by atoms with Gasteiger partial charge in [-0.1, -0.05) is 6.08 Å². The highest BCUT2D eigenvalue weighted by atomic mass is 16.5. The van der Waals surface area contributed by atoms with Crippen LogP contribution in [-0.2, 0) is 9.47 Å². The van der Waals surface area contributed by atoms with Crippen LogP contribution in [0, 0.1) is 11.3 Å². The van der Waals surface area contributed by atoms with Crippen LogP contribution >= 0.6 is 0 Å². The molecule has 0 aromatic rings. The standard InChI is InChI=1S/C10H14O2/c1-2-4-12-8-10-3-5-11-7-9(10)6-10/h2-3,5,9H,1,4,6-8H2/t9-,10-/m0/s1. The second-order valence-corrected chi connectivity index (χ2v) is 3.57. The SMILES string of the molecule is C=CCOC[C@@]12C=COC[C@@H]1C2. The molecule has 2 atom stereocenters. The van der Waals surface area contributed by atoms with Crippen LogP contribution in [0.15, 0.2) is 25.0 Å². The third-order valence-electron chi connectivity index (χ3n) is 2.68. The van der Waals surface area contributed by atoms with E-state index in [9.17, 15) is 0 Å². The molecule has 0 N–H and O–H groups in total. The lowest BCUT2D eigenvalue weighted by atomic mass is 10.0. The Morgan fingerprint density at radius 1 is 1.75 bits per heavy atom. The first-order valence-electron chi connectivity index (χ1n) is 4.35. The average molecular weight is 166 g/mol. The minimum Gasteiger partial charge on any atom is -0.501 e. The Morgan fingerprint density at radius 2 is 2.67 bits per heavy atom. The fourth-order valence-corrected chi connectivity index (χ4v) is 1.74. The summed E-state index contributed by atoms with van der Waals surface area (Å²) in [7, 11) is 0. The van der Waals surface area contributed by atoms with Crippen molar-refractivity contribution in [3.05, 3.63) is 25.0 Å². The molecule has 1 aliphatic heterocycles. The van der Waals surface area contributed by atoms with Crippen molar-refractivity contribution in [2.45, 2.75) is 6.42 Å². The van der Waals surface area contributed by atoms with Gasteiger partial charge in [-0.3, -0.25) is 0 Å². The lowest BCUT2D eigenvalue weighted by molar-refractivity contribution is 0.104. The number of rotatable bonds is 4. The molecule has 0 aromatic heterocycles. The van der Waals surface area contributed by atoms with Crippen molar-refractivity contribution in [2.24, 2.45) is 11.3 Å². The third kappa shape index (κ3) is 1.27. The van der Waals surface area contributed by atoms with Crippen LogP contribution in [0.3, 0.4) is 0 Å². The smallest absolute Gasteiger partial charge is 0.0910 e. The number of hydrogen-bond donors (Lipinski definition) is 0. The Labute approximate surface area is 72.9 Å². The third-order valence-corrected chi connectivity index (χ3v) is 2.68. The van der Waals surface area contributed by atoms with Crippen LogP contribution in [0.2, 0.25) is 0 Å². The highest BCUT2D eigenvalue weighted by molar-refractivity contribution is 5.16. The summed E-state index contributed by atoms with van der Waals surface area (Å²) in [5, 5.41) is 0. The average Bonchev–Trinajstić information content (AvgIpc) is 2.79. The van der Waals surface area contributed by atoms with E-state index >= 15 is 0 Å². The van der Waals surface area contributed by atoms with E-state index in [0.29, 0.717) is 17.9 Å². The molecule has 12 heavy (non-hydrogen) atoms. The Bertz CT molecular complexity index is 210. The molecule has 0 amide bonds. The predicted octanol–water partition coefficient (Wildman–Crippen LogP) is 1.74. The number of hydrogen-bond acceptors (Lipinski definition) is 2. The van der Waals surface area contributed by atoms with Gasteiger partial charge in [0.05, 0.1) is 26.1 Å². The molecule has 0 saturated heterocycles. The van der Waals surface area contributed by atoms with Gasteiger partial charge >= 0.3 is 0 Å². The summed E-state index contributed by atoms with van der Waals surface area (Å²) in [6, 6.07) is 0. The first-order valence-corrected chi connectivity index (χ1v) is 4.35. The summed E-state index contributed by atoms with van der Waals surface area (Å²) in [5.74, 6) is 0.701. The van der Waals surface area contributed by atoms with Crippen LogP contribution in [-0.4, -0.2) is 19.8 Å². The van der Waals surface area contributed by atoms with Gasteiger partial charge in [0.2, 0.25) is 0 Å². The lowest BCUT2D eigenvalue weighted by Crippen LogP contribution is -2.15. The molecule has 1 heterocycles. The summed E-state index contributed by atoms with van der Waals surface area (Å²) in [5.41, 5.74) is 0.321. The molecule has 0 unspecified atom stereocenters. The van der Waals surface area contributed by atoms with Gasteiger partial charge in [-0.25, -0.2) is 0 Å². The van der Waals surface area contributed by atoms with Crippen LogP contribution in [0.5, 0.6) is 0 Å². The van der Waals surface area contributed by atoms with Gasteiger partial charge in [-0.05, 0) is 12.5 Å². The molecule has 1 saturated carbocycles. The van der Waals surface area contributed by atoms with E-state index in [0.717, 1.165) is 13.2 Å². The van der Waals surface area contributed by atoms with Crippen molar-refractivity contribution < 1.29 is 9.47 Å². The van der Waals surface area contributed by atoms with E-state index in [-0.39, 0.29) is 0 Å². The zero-order valence-corrected chi connectivity index (χ0v) is 7.16. The van der Waals surface area contributed by atoms with E-state index in [2.05, 4.69) is 12.7 Å². The lowest BCUT2D eigenvalue weighted by Gasteiger charge is -2.16. The zero-order chi connectivity index (χ0) is 8.44. The van der Waals surface area contributed by atoms with Gasteiger partial charge in [-0.15, -0.1) is 6.58 Å². The van der Waals surface area contributed by atoms with Crippen molar-refractivity contribution in [3.63, 3.8) is 0 Å². The Morgan fingerprint density at radius 3 is 3.42 bits per heavy atom. The number of ether oxygens (including phenoxy) is 2. The van der Waals surface area contributed by atoms with E-state index in [4.69, 9.17) is 9.47 Å². The fraction of sp³-hybridized carbons (Fsp3) is 0.600. The second-order valence-electron chi connectivity index (χ2n) is 3.57. The van der Waals surface area contributed by atoms with Gasteiger partial charge in [0.25, 0.3) is 0 Å². The summed E-state index contributed by atoms with van der Waals surface area (Å²) in [4.78, 5) is 0. The monoisotopic (exact) mass is 166 g/mol. The molecule has 0 radical (unpaired) electrons. The molecule has 66 valence electrons. The molecule has 2 heteroatoms. The van der Waals surface area contributed by atoms with E-state index in [1.54, 1.807) is 12.3 Å². The molecule has 0 spiro atoms. The van der Waals surface area contributed by atoms with Crippen LogP contribution in [0.25, 0.3) is 0 Å². The van der Waals surface area contributed by atoms with Crippen molar-refractivity contribution >= 4 is 0 Å². The maximum atomic E-state index is 5.44. The molecule has 1 fully saturated rings. The largest absolute Gasteiger partial charge is 0.501 e. The van der Waals surface area contributed by atoms with Gasteiger partial charge in [0.1, 0.15) is 0 Å². The molecule has 2 rings (SSSR count).